The number of aromatic nitrogens is 1. The number of carbonyl (C=O) groups is 2. The second kappa shape index (κ2) is 12.2. The summed E-state index contributed by atoms with van der Waals surface area (Å²) < 4.78 is 0. The molecule has 0 atom stereocenters. The van der Waals surface area contributed by atoms with Crippen molar-refractivity contribution in [3.05, 3.63) is 28.7 Å². The first-order valence-corrected chi connectivity index (χ1v) is 8.55. The van der Waals surface area contributed by atoms with Gasteiger partial charge in [-0.3, -0.25) is 14.5 Å². The summed E-state index contributed by atoms with van der Waals surface area (Å²) in [5.74, 6) is -0.0594. The lowest BCUT2D eigenvalue weighted by Gasteiger charge is -2.33. The van der Waals surface area contributed by atoms with E-state index in [4.69, 9.17) is 5.73 Å². The number of hydrogen-bond acceptors (Lipinski definition) is 6. The van der Waals surface area contributed by atoms with Crippen LogP contribution in [0.5, 0.6) is 0 Å². The standard InChI is InChI=1S/C15H23N5O2S.2ClH/c1-2-5-17-13(21)10-19-6-8-20(9-7-19)15(22)12-11-23-14(18-12)3-4-16;;/h2,11H,1,3-10,16H2,(H,17,21);2*1H. The average Bonchev–Trinajstić information content (AvgIpc) is 3.02. The molecule has 10 heteroatoms. The molecule has 0 saturated carbocycles. The SMILES string of the molecule is C=CCNC(=O)CN1CCN(C(=O)c2csc(CCN)n2)CC1.Cl.Cl. The molecule has 1 aromatic heterocycles. The van der Waals surface area contributed by atoms with Crippen LogP contribution in [0.4, 0.5) is 0 Å². The fourth-order valence-corrected chi connectivity index (χ4v) is 3.15. The lowest BCUT2D eigenvalue weighted by molar-refractivity contribution is -0.122. The molecule has 0 radical (unpaired) electrons. The Morgan fingerprint density at radius 1 is 1.32 bits per heavy atom. The van der Waals surface area contributed by atoms with E-state index in [1.165, 1.54) is 11.3 Å². The van der Waals surface area contributed by atoms with Crippen LogP contribution >= 0.6 is 36.2 Å². The molecule has 0 aromatic carbocycles. The highest BCUT2D eigenvalue weighted by molar-refractivity contribution is 7.09. The van der Waals surface area contributed by atoms with Crippen LogP contribution in [0.25, 0.3) is 0 Å². The zero-order chi connectivity index (χ0) is 16.7. The van der Waals surface area contributed by atoms with Gasteiger partial charge in [0.05, 0.1) is 11.6 Å². The Bertz CT molecular complexity index is 562. The topological polar surface area (TPSA) is 91.6 Å². The number of nitrogens with two attached hydrogens (primary N) is 1. The molecule has 3 N–H and O–H groups in total. The van der Waals surface area contributed by atoms with Gasteiger partial charge >= 0.3 is 0 Å². The summed E-state index contributed by atoms with van der Waals surface area (Å²) >= 11 is 1.47. The average molecular weight is 410 g/mol. The first kappa shape index (κ1) is 23.8. The van der Waals surface area contributed by atoms with Gasteiger partial charge in [-0.1, -0.05) is 6.08 Å². The number of piperazine rings is 1. The van der Waals surface area contributed by atoms with Crippen molar-refractivity contribution in [2.75, 3.05) is 45.8 Å². The van der Waals surface area contributed by atoms with Crippen molar-refractivity contribution in [1.82, 2.24) is 20.1 Å². The van der Waals surface area contributed by atoms with Crippen LogP contribution in [0.3, 0.4) is 0 Å². The third kappa shape index (κ3) is 7.29. The third-order valence-corrected chi connectivity index (χ3v) is 4.51. The number of nitrogens with one attached hydrogen (secondary N) is 1. The Morgan fingerprint density at radius 2 is 2.00 bits per heavy atom. The predicted molar refractivity (Wildman–Crippen MR) is 105 cm³/mol. The fraction of sp³-hybridized carbons (Fsp3) is 0.533. The van der Waals surface area contributed by atoms with Gasteiger partial charge in [-0.15, -0.1) is 42.7 Å². The molecule has 0 unspecified atom stereocenters. The molecule has 2 heterocycles. The van der Waals surface area contributed by atoms with E-state index in [0.717, 1.165) is 5.01 Å². The first-order chi connectivity index (χ1) is 11.1. The lowest BCUT2D eigenvalue weighted by atomic mass is 10.3. The number of amides is 2. The van der Waals surface area contributed by atoms with Gasteiger partial charge in [0.15, 0.2) is 0 Å². The normalized spacial score (nSPS) is 14.2. The maximum absolute atomic E-state index is 12.4. The Hall–Kier alpha value is -1.19. The largest absolute Gasteiger partial charge is 0.352 e. The van der Waals surface area contributed by atoms with Gasteiger partial charge in [-0.2, -0.15) is 0 Å². The van der Waals surface area contributed by atoms with Crippen LogP contribution in [-0.2, 0) is 11.2 Å². The highest BCUT2D eigenvalue weighted by atomic mass is 35.5. The first-order valence-electron chi connectivity index (χ1n) is 7.67. The molecule has 1 aliphatic heterocycles. The molecule has 1 aromatic rings. The van der Waals surface area contributed by atoms with Crippen LogP contribution in [0.2, 0.25) is 0 Å². The summed E-state index contributed by atoms with van der Waals surface area (Å²) in [6.07, 6.45) is 2.35. The maximum atomic E-state index is 12.4. The highest BCUT2D eigenvalue weighted by Gasteiger charge is 2.24. The minimum atomic E-state index is -0.0414. The van der Waals surface area contributed by atoms with Crippen LogP contribution in [0.15, 0.2) is 18.0 Å². The second-order valence-corrected chi connectivity index (χ2v) is 6.27. The zero-order valence-electron chi connectivity index (χ0n) is 14.0. The Kier molecular flexibility index (Phi) is 11.6. The monoisotopic (exact) mass is 409 g/mol. The van der Waals surface area contributed by atoms with E-state index in [1.54, 1.807) is 16.4 Å². The minimum absolute atomic E-state index is 0. The zero-order valence-corrected chi connectivity index (χ0v) is 16.4. The molecule has 0 spiro atoms. The molecule has 0 aliphatic carbocycles. The molecule has 0 bridgehead atoms. The van der Waals surface area contributed by atoms with Gasteiger partial charge in [0, 0.05) is 44.5 Å². The van der Waals surface area contributed by atoms with Crippen LogP contribution in [-0.4, -0.2) is 72.4 Å². The number of carbonyl (C=O) groups excluding carboxylic acids is 2. The molecule has 25 heavy (non-hydrogen) atoms. The van der Waals surface area contributed by atoms with Gasteiger partial charge in [-0.25, -0.2) is 4.98 Å². The number of nitrogens with zero attached hydrogens (tertiary/aromatic N) is 3. The number of hydrogen-bond donors (Lipinski definition) is 2. The van der Waals surface area contributed by atoms with Crippen molar-refractivity contribution in [1.29, 1.82) is 0 Å². The molecule has 2 amide bonds. The smallest absolute Gasteiger partial charge is 0.273 e. The van der Waals surface area contributed by atoms with E-state index in [-0.39, 0.29) is 36.6 Å². The summed E-state index contributed by atoms with van der Waals surface area (Å²) in [6, 6.07) is 0. The Labute approximate surface area is 164 Å². The van der Waals surface area contributed by atoms with E-state index >= 15 is 0 Å². The van der Waals surface area contributed by atoms with Gasteiger partial charge in [0.1, 0.15) is 5.69 Å². The van der Waals surface area contributed by atoms with Crippen molar-refractivity contribution in [2.24, 2.45) is 5.73 Å². The fourth-order valence-electron chi connectivity index (χ4n) is 2.36. The molecule has 1 fully saturated rings. The molecule has 2 rings (SSSR count). The van der Waals surface area contributed by atoms with Crippen LogP contribution < -0.4 is 11.1 Å². The number of rotatable bonds is 7. The van der Waals surface area contributed by atoms with Gasteiger partial charge in [0.2, 0.25) is 5.91 Å². The predicted octanol–water partition coefficient (Wildman–Crippen LogP) is 0.548. The number of thiazole rings is 1. The molecule has 7 nitrogen and oxygen atoms in total. The lowest BCUT2D eigenvalue weighted by Crippen LogP contribution is -2.51. The third-order valence-electron chi connectivity index (χ3n) is 3.60. The van der Waals surface area contributed by atoms with Crippen molar-refractivity contribution < 1.29 is 9.59 Å². The van der Waals surface area contributed by atoms with E-state index < -0.39 is 0 Å². The summed E-state index contributed by atoms with van der Waals surface area (Å²) in [4.78, 5) is 32.3. The van der Waals surface area contributed by atoms with Crippen molar-refractivity contribution in [3.8, 4) is 0 Å². The Balaban J connectivity index is 0.00000288. The van der Waals surface area contributed by atoms with E-state index in [9.17, 15) is 9.59 Å². The highest BCUT2D eigenvalue weighted by Crippen LogP contribution is 2.13. The summed E-state index contributed by atoms with van der Waals surface area (Å²) in [6.45, 7) is 7.53. The van der Waals surface area contributed by atoms with E-state index in [1.807, 2.05) is 4.90 Å². The number of halogens is 2. The summed E-state index contributed by atoms with van der Waals surface area (Å²) in [5.41, 5.74) is 6.00. The van der Waals surface area contributed by atoms with Crippen LogP contribution in [0, 0.1) is 0 Å². The summed E-state index contributed by atoms with van der Waals surface area (Å²) in [5, 5.41) is 5.45. The van der Waals surface area contributed by atoms with E-state index in [2.05, 4.69) is 16.9 Å². The summed E-state index contributed by atoms with van der Waals surface area (Å²) in [7, 11) is 0. The minimum Gasteiger partial charge on any atom is -0.352 e. The molecule has 142 valence electrons. The van der Waals surface area contributed by atoms with Crippen LogP contribution in [0.1, 0.15) is 15.5 Å². The van der Waals surface area contributed by atoms with E-state index in [0.29, 0.717) is 57.9 Å². The van der Waals surface area contributed by atoms with Gasteiger partial charge in [-0.05, 0) is 6.54 Å². The molecular formula is C15H25Cl2N5O2S. The second-order valence-electron chi connectivity index (χ2n) is 5.33. The van der Waals surface area contributed by atoms with Crippen molar-refractivity contribution >= 4 is 48.0 Å². The Morgan fingerprint density at radius 3 is 2.60 bits per heavy atom. The van der Waals surface area contributed by atoms with Gasteiger partial charge < -0.3 is 16.0 Å². The van der Waals surface area contributed by atoms with Gasteiger partial charge in [0.25, 0.3) is 5.91 Å². The molecular weight excluding hydrogens is 385 g/mol. The maximum Gasteiger partial charge on any atom is 0.273 e. The molecule has 1 saturated heterocycles. The van der Waals surface area contributed by atoms with Crippen molar-refractivity contribution in [3.63, 3.8) is 0 Å². The molecule has 1 aliphatic rings. The van der Waals surface area contributed by atoms with Crippen molar-refractivity contribution in [2.45, 2.75) is 6.42 Å². The quantitative estimate of drug-likeness (QED) is 0.641.